The first-order valence-electron chi connectivity index (χ1n) is 6.59. The molecule has 0 spiro atoms. The fourth-order valence-corrected chi connectivity index (χ4v) is 3.24. The van der Waals surface area contributed by atoms with Crippen molar-refractivity contribution in [3.63, 3.8) is 0 Å². The van der Waals surface area contributed by atoms with E-state index in [0.717, 1.165) is 24.3 Å². The average Bonchev–Trinajstić information content (AvgIpc) is 2.34. The lowest BCUT2D eigenvalue weighted by Gasteiger charge is -2.19. The van der Waals surface area contributed by atoms with Crippen LogP contribution in [0.4, 0.5) is 0 Å². The summed E-state index contributed by atoms with van der Waals surface area (Å²) in [5.41, 5.74) is 0.914. The molecule has 0 heterocycles. The number of benzene rings is 1. The van der Waals surface area contributed by atoms with Crippen molar-refractivity contribution in [1.29, 1.82) is 0 Å². The van der Waals surface area contributed by atoms with Gasteiger partial charge in [-0.1, -0.05) is 18.5 Å². The van der Waals surface area contributed by atoms with Gasteiger partial charge in [-0.05, 0) is 43.1 Å². The third kappa shape index (κ3) is 6.11. The molecule has 0 radical (unpaired) electrons. The van der Waals surface area contributed by atoms with Crippen molar-refractivity contribution in [2.24, 2.45) is 0 Å². The maximum Gasteiger partial charge on any atom is 0.148 e. The Hall–Kier alpha value is -0.780. The Morgan fingerprint density at radius 3 is 2.65 bits per heavy atom. The molecule has 0 aliphatic rings. The van der Waals surface area contributed by atoms with Crippen LogP contribution in [0.25, 0.3) is 0 Å². The maximum absolute atomic E-state index is 11.5. The van der Waals surface area contributed by atoms with Gasteiger partial charge in [0.15, 0.2) is 0 Å². The van der Waals surface area contributed by atoms with Crippen LogP contribution in [0.3, 0.4) is 0 Å². The summed E-state index contributed by atoms with van der Waals surface area (Å²) in [6, 6.07) is 5.24. The smallest absolute Gasteiger partial charge is 0.148 e. The summed E-state index contributed by atoms with van der Waals surface area (Å²) in [6.07, 6.45) is 2.77. The van der Waals surface area contributed by atoms with Crippen molar-refractivity contribution in [3.05, 3.63) is 28.8 Å². The van der Waals surface area contributed by atoms with Gasteiger partial charge in [-0.25, -0.2) is 8.42 Å². The number of nitrogens with one attached hydrogen (secondary N) is 1. The number of rotatable bonds is 8. The molecule has 1 N–H and O–H groups in total. The minimum absolute atomic E-state index is 0.0999. The zero-order valence-corrected chi connectivity index (χ0v) is 13.7. The van der Waals surface area contributed by atoms with Crippen molar-refractivity contribution >= 4 is 21.4 Å². The predicted octanol–water partition coefficient (Wildman–Crippen LogP) is 2.30. The van der Waals surface area contributed by atoms with Gasteiger partial charge in [0.2, 0.25) is 0 Å². The summed E-state index contributed by atoms with van der Waals surface area (Å²) in [7, 11) is -1.44. The van der Waals surface area contributed by atoms with Crippen molar-refractivity contribution in [1.82, 2.24) is 5.32 Å². The lowest BCUT2D eigenvalue weighted by molar-refractivity contribution is 0.406. The summed E-state index contributed by atoms with van der Waals surface area (Å²) in [5, 5.41) is 3.89. The van der Waals surface area contributed by atoms with E-state index in [4.69, 9.17) is 16.3 Å². The van der Waals surface area contributed by atoms with Gasteiger partial charge in [-0.3, -0.25) is 0 Å². The average molecular weight is 320 g/mol. The third-order valence-corrected chi connectivity index (χ3v) is 4.14. The lowest BCUT2D eigenvalue weighted by Crippen LogP contribution is -2.37. The first kappa shape index (κ1) is 17.3. The predicted molar refractivity (Wildman–Crippen MR) is 83.5 cm³/mol. The maximum atomic E-state index is 11.5. The molecule has 4 nitrogen and oxygen atoms in total. The van der Waals surface area contributed by atoms with Gasteiger partial charge in [0.25, 0.3) is 0 Å². The largest absolute Gasteiger partial charge is 0.496 e. The second-order valence-corrected chi connectivity index (χ2v) is 7.53. The second kappa shape index (κ2) is 7.86. The highest BCUT2D eigenvalue weighted by Crippen LogP contribution is 2.24. The number of sulfone groups is 1. The Morgan fingerprint density at radius 1 is 1.40 bits per heavy atom. The van der Waals surface area contributed by atoms with Gasteiger partial charge in [0.1, 0.15) is 15.6 Å². The van der Waals surface area contributed by atoms with Gasteiger partial charge in [0, 0.05) is 17.3 Å². The van der Waals surface area contributed by atoms with E-state index in [1.165, 1.54) is 6.26 Å². The molecule has 0 amide bonds. The Bertz CT molecular complexity index is 531. The number of ether oxygens (including phenoxy) is 1. The van der Waals surface area contributed by atoms with Crippen molar-refractivity contribution in [2.45, 2.75) is 25.8 Å². The molecule has 0 saturated carbocycles. The number of halogens is 1. The zero-order chi connectivity index (χ0) is 15.2. The van der Waals surface area contributed by atoms with Gasteiger partial charge in [-0.15, -0.1) is 0 Å². The molecule has 0 bridgehead atoms. The molecular weight excluding hydrogens is 298 g/mol. The van der Waals surface area contributed by atoms with Crippen LogP contribution in [0.5, 0.6) is 5.75 Å². The Morgan fingerprint density at radius 2 is 2.10 bits per heavy atom. The molecule has 1 atom stereocenters. The van der Waals surface area contributed by atoms with E-state index >= 15 is 0 Å². The summed E-state index contributed by atoms with van der Waals surface area (Å²) in [6.45, 7) is 2.83. The molecule has 6 heteroatoms. The molecule has 0 aromatic heterocycles. The van der Waals surface area contributed by atoms with Gasteiger partial charge in [-0.2, -0.15) is 0 Å². The van der Waals surface area contributed by atoms with E-state index in [9.17, 15) is 8.42 Å². The van der Waals surface area contributed by atoms with Crippen LogP contribution >= 0.6 is 11.6 Å². The van der Waals surface area contributed by atoms with Crippen LogP contribution in [-0.4, -0.2) is 40.1 Å². The molecule has 0 aliphatic carbocycles. The van der Waals surface area contributed by atoms with E-state index in [2.05, 4.69) is 5.32 Å². The summed E-state index contributed by atoms with van der Waals surface area (Å²) in [4.78, 5) is 0. The topological polar surface area (TPSA) is 55.4 Å². The summed E-state index contributed by atoms with van der Waals surface area (Å²) < 4.78 is 28.3. The van der Waals surface area contributed by atoms with Crippen molar-refractivity contribution in [3.8, 4) is 5.75 Å². The highest BCUT2D eigenvalue weighted by Gasteiger charge is 2.17. The fourth-order valence-electron chi connectivity index (χ4n) is 2.08. The Labute approximate surface area is 126 Å². The number of hydrogen-bond donors (Lipinski definition) is 1. The zero-order valence-electron chi connectivity index (χ0n) is 12.1. The number of methoxy groups -OCH3 is 1. The van der Waals surface area contributed by atoms with Crippen LogP contribution in [0, 0.1) is 0 Å². The van der Waals surface area contributed by atoms with Crippen LogP contribution in [-0.2, 0) is 16.3 Å². The van der Waals surface area contributed by atoms with E-state index < -0.39 is 9.84 Å². The summed E-state index contributed by atoms with van der Waals surface area (Å²) >= 11 is 6.00. The SMILES string of the molecule is CCCNC(Cc1cc(Cl)ccc1OC)CS(C)(=O)=O. The second-order valence-electron chi connectivity index (χ2n) is 4.90. The van der Waals surface area contributed by atoms with E-state index in [1.54, 1.807) is 19.2 Å². The molecule has 0 aliphatic heterocycles. The minimum Gasteiger partial charge on any atom is -0.496 e. The molecule has 1 aromatic rings. The Balaban J connectivity index is 2.90. The monoisotopic (exact) mass is 319 g/mol. The molecule has 0 saturated heterocycles. The molecule has 20 heavy (non-hydrogen) atoms. The van der Waals surface area contributed by atoms with E-state index in [1.807, 2.05) is 13.0 Å². The molecular formula is C14H22ClNO3S. The standard InChI is InChI=1S/C14H22ClNO3S/c1-4-7-16-13(10-20(3,17)18)9-11-8-12(15)5-6-14(11)19-2/h5-6,8,13,16H,4,7,9-10H2,1-3H3. The molecule has 114 valence electrons. The molecule has 1 rings (SSSR count). The van der Waals surface area contributed by atoms with Gasteiger partial charge >= 0.3 is 0 Å². The van der Waals surface area contributed by atoms with Crippen LogP contribution in [0.15, 0.2) is 18.2 Å². The normalized spacial score (nSPS) is 13.2. The summed E-state index contributed by atoms with van der Waals surface area (Å²) in [5.74, 6) is 0.828. The number of hydrogen-bond acceptors (Lipinski definition) is 4. The van der Waals surface area contributed by atoms with E-state index in [-0.39, 0.29) is 11.8 Å². The van der Waals surface area contributed by atoms with Gasteiger partial charge in [0.05, 0.1) is 12.9 Å². The first-order chi connectivity index (χ1) is 9.35. The van der Waals surface area contributed by atoms with Crippen LogP contribution in [0.1, 0.15) is 18.9 Å². The highest BCUT2D eigenvalue weighted by molar-refractivity contribution is 7.90. The van der Waals surface area contributed by atoms with Crippen LogP contribution in [0.2, 0.25) is 5.02 Å². The van der Waals surface area contributed by atoms with Crippen molar-refractivity contribution in [2.75, 3.05) is 25.7 Å². The third-order valence-electron chi connectivity index (χ3n) is 2.90. The van der Waals surface area contributed by atoms with Crippen LogP contribution < -0.4 is 10.1 Å². The molecule has 1 unspecified atom stereocenters. The van der Waals surface area contributed by atoms with Gasteiger partial charge < -0.3 is 10.1 Å². The van der Waals surface area contributed by atoms with E-state index in [0.29, 0.717) is 11.4 Å². The molecule has 0 fully saturated rings. The fraction of sp³-hybridized carbons (Fsp3) is 0.571. The highest BCUT2D eigenvalue weighted by atomic mass is 35.5. The van der Waals surface area contributed by atoms with Crippen molar-refractivity contribution < 1.29 is 13.2 Å². The lowest BCUT2D eigenvalue weighted by atomic mass is 10.1. The molecule has 1 aromatic carbocycles. The quantitative estimate of drug-likeness (QED) is 0.799. The minimum atomic E-state index is -3.04. The first-order valence-corrected chi connectivity index (χ1v) is 9.03. The Kier molecular flexibility index (Phi) is 6.79.